The van der Waals surface area contributed by atoms with E-state index in [0.29, 0.717) is 17.1 Å². The highest BCUT2D eigenvalue weighted by molar-refractivity contribution is 8.00. The molecule has 2 fully saturated rings. The summed E-state index contributed by atoms with van der Waals surface area (Å²) in [5.74, 6) is -2.05. The Morgan fingerprint density at radius 1 is 1.02 bits per heavy atom. The average molecular weight is 673 g/mol. The second-order valence-electron chi connectivity index (χ2n) is 13.5. The smallest absolute Gasteiger partial charge is 0.408 e. The largest absolute Gasteiger partial charge is 0.479 e. The van der Waals surface area contributed by atoms with Gasteiger partial charge in [-0.3, -0.25) is 9.59 Å². The van der Waals surface area contributed by atoms with Crippen LogP contribution in [0.1, 0.15) is 46.6 Å². The van der Waals surface area contributed by atoms with Gasteiger partial charge in [-0.2, -0.15) is 26.8 Å². The van der Waals surface area contributed by atoms with E-state index in [-0.39, 0.29) is 25.3 Å². The first-order chi connectivity index (χ1) is 22.9. The summed E-state index contributed by atoms with van der Waals surface area (Å²) in [6.07, 6.45) is 3.32. The highest BCUT2D eigenvalue weighted by atomic mass is 32.2. The molecule has 3 unspecified atom stereocenters. The summed E-state index contributed by atoms with van der Waals surface area (Å²) >= 11 is 1.44. The summed E-state index contributed by atoms with van der Waals surface area (Å²) in [6, 6.07) is 16.7. The Morgan fingerprint density at radius 3 is 2.19 bits per heavy atom. The highest BCUT2D eigenvalue weighted by Gasteiger charge is 2.61. The minimum atomic E-state index is -1.44. The van der Waals surface area contributed by atoms with Crippen LogP contribution in [0.15, 0.2) is 72.8 Å². The number of carboxylic acid groups (broad SMARTS) is 1. The molecule has 2 aliphatic heterocycles. The Labute approximate surface area is 283 Å². The van der Waals surface area contributed by atoms with Gasteiger partial charge in [0.25, 0.3) is 0 Å². The summed E-state index contributed by atoms with van der Waals surface area (Å²) in [4.78, 5) is 56.9. The molecule has 13 heteroatoms. The van der Waals surface area contributed by atoms with Gasteiger partial charge in [-0.05, 0) is 27.2 Å². The summed E-state index contributed by atoms with van der Waals surface area (Å²) in [5.41, 5.74) is 0.802. The summed E-state index contributed by atoms with van der Waals surface area (Å²) in [7, 11) is 0. The Kier molecular flexibility index (Phi) is 9.08. The van der Waals surface area contributed by atoms with Crippen LogP contribution in [0.2, 0.25) is 0 Å². The zero-order chi connectivity index (χ0) is 34.2. The number of rotatable bonds is 5. The number of hydrogen-bond donors (Lipinski definition) is 3. The van der Waals surface area contributed by atoms with Crippen LogP contribution in [0, 0.1) is 5.92 Å². The Hall–Kier alpha value is -4.65. The molecule has 3 N–H and O–H groups in total. The predicted molar refractivity (Wildman–Crippen MR) is 181 cm³/mol. The van der Waals surface area contributed by atoms with Crippen molar-refractivity contribution >= 4 is 35.6 Å². The highest BCUT2D eigenvalue weighted by Crippen LogP contribution is 2.46. The molecule has 6 atom stereocenters. The fourth-order valence-electron chi connectivity index (χ4n) is 6.32. The molecule has 3 heterocycles. The first kappa shape index (κ1) is 33.3. The van der Waals surface area contributed by atoms with Gasteiger partial charge in [0.05, 0.1) is 6.04 Å². The van der Waals surface area contributed by atoms with E-state index in [4.69, 9.17) is 14.9 Å². The fourth-order valence-corrected chi connectivity index (χ4v) is 7.23. The van der Waals surface area contributed by atoms with Gasteiger partial charge in [0, 0.05) is 41.0 Å². The van der Waals surface area contributed by atoms with Gasteiger partial charge >= 0.3 is 12.1 Å². The van der Waals surface area contributed by atoms with Crippen molar-refractivity contribution in [2.45, 2.75) is 75.1 Å². The number of thioether (sulfide) groups is 1. The number of nitrogens with one attached hydrogen (secondary N) is 2. The van der Waals surface area contributed by atoms with Gasteiger partial charge in [-0.1, -0.05) is 79.7 Å². The molecule has 1 saturated heterocycles. The van der Waals surface area contributed by atoms with E-state index >= 15 is 0 Å². The molecule has 6 rings (SSSR count). The summed E-state index contributed by atoms with van der Waals surface area (Å²) < 4.78 is 5.50. The van der Waals surface area contributed by atoms with E-state index in [1.165, 1.54) is 16.7 Å². The van der Waals surface area contributed by atoms with Crippen LogP contribution in [-0.2, 0) is 19.1 Å². The maximum absolute atomic E-state index is 14.5. The van der Waals surface area contributed by atoms with Crippen LogP contribution >= 0.6 is 11.8 Å². The number of carboxylic acids is 1. The van der Waals surface area contributed by atoms with Crippen molar-refractivity contribution in [2.75, 3.05) is 12.3 Å². The maximum Gasteiger partial charge on any atom is 0.408 e. The lowest BCUT2D eigenvalue weighted by Crippen LogP contribution is -2.58. The molecule has 1 saturated carbocycles. The van der Waals surface area contributed by atoms with E-state index in [9.17, 15) is 24.3 Å². The van der Waals surface area contributed by atoms with Gasteiger partial charge in [0.1, 0.15) is 34.6 Å². The van der Waals surface area contributed by atoms with Crippen molar-refractivity contribution in [3.05, 3.63) is 72.8 Å². The van der Waals surface area contributed by atoms with E-state index in [2.05, 4.69) is 10.6 Å². The maximum atomic E-state index is 14.5. The Balaban J connectivity index is 1.38. The van der Waals surface area contributed by atoms with Gasteiger partial charge in [0.15, 0.2) is 0 Å². The lowest BCUT2D eigenvalue weighted by atomic mass is 10.1. The van der Waals surface area contributed by atoms with Gasteiger partial charge in [-0.25, -0.2) is 9.59 Å². The topological polar surface area (TPSA) is 156 Å². The number of carbonyl (C=O) groups excluding carboxylic acids is 3. The third-order valence-corrected chi connectivity index (χ3v) is 10.1. The second-order valence-corrected chi connectivity index (χ2v) is 14.9. The van der Waals surface area contributed by atoms with Crippen LogP contribution in [0.25, 0.3) is 22.5 Å². The van der Waals surface area contributed by atoms with Gasteiger partial charge < -0.3 is 25.4 Å². The van der Waals surface area contributed by atoms with Crippen LogP contribution in [0.3, 0.4) is 0 Å². The standard InChI is InChI=1S/C35H40N6O6S/c1-21-27(36-33(46)47-34(2,3)4)31(43)40-20-25(18-26(40)30(42)37-35(32(44)45)19-24(35)16-11-17-48-21)41-38-28(22-12-7-5-8-13-22)29(39-41)23-14-9-6-10-15-23/h5-16,21,24-27H,17-20H2,1-4H3,(H,36,46)(H,37,42)(H,44,45)/b16-11-/t21?,24?,25-,26+,27+,35?/m1/s1. The number of ether oxygens (including phenoxy) is 1. The average Bonchev–Trinajstić information content (AvgIpc) is 3.36. The number of nitrogens with zero attached hydrogens (tertiary/aromatic N) is 4. The molecule has 1 aliphatic carbocycles. The van der Waals surface area contributed by atoms with Crippen LogP contribution in [0.4, 0.5) is 4.79 Å². The molecule has 12 nitrogen and oxygen atoms in total. The minimum absolute atomic E-state index is 0.0691. The lowest BCUT2D eigenvalue weighted by molar-refractivity contribution is -0.145. The number of amides is 3. The summed E-state index contributed by atoms with van der Waals surface area (Å²) in [5, 5.41) is 25.1. The van der Waals surface area contributed by atoms with Gasteiger partial charge in [0.2, 0.25) is 11.8 Å². The number of carbonyl (C=O) groups is 4. The van der Waals surface area contributed by atoms with Crippen molar-refractivity contribution in [1.82, 2.24) is 30.5 Å². The Morgan fingerprint density at radius 2 is 1.62 bits per heavy atom. The number of hydrogen-bond acceptors (Lipinski definition) is 8. The molecule has 48 heavy (non-hydrogen) atoms. The van der Waals surface area contributed by atoms with E-state index in [1.807, 2.05) is 79.7 Å². The molecule has 3 amide bonds. The zero-order valence-electron chi connectivity index (χ0n) is 27.3. The number of alkyl carbamates (subject to hydrolysis) is 1. The molecule has 1 aromatic heterocycles. The van der Waals surface area contributed by atoms with Crippen LogP contribution in [-0.4, -0.2) is 89.6 Å². The molecular formula is C35H40N6O6S. The lowest BCUT2D eigenvalue weighted by Gasteiger charge is -2.32. The minimum Gasteiger partial charge on any atom is -0.479 e. The van der Waals surface area contributed by atoms with Crippen molar-refractivity contribution in [1.29, 1.82) is 0 Å². The third-order valence-electron chi connectivity index (χ3n) is 8.89. The first-order valence-electron chi connectivity index (χ1n) is 16.1. The van der Waals surface area contributed by atoms with Crippen molar-refractivity contribution < 1.29 is 29.0 Å². The third kappa shape index (κ3) is 6.82. The normalized spacial score (nSPS) is 28.1. The molecule has 252 valence electrons. The molecule has 3 aromatic rings. The molecule has 2 aromatic carbocycles. The van der Waals surface area contributed by atoms with Crippen molar-refractivity contribution in [3.63, 3.8) is 0 Å². The number of aliphatic carboxylic acids is 1. The van der Waals surface area contributed by atoms with E-state index < -0.39 is 58.4 Å². The van der Waals surface area contributed by atoms with Crippen molar-refractivity contribution in [2.24, 2.45) is 5.92 Å². The van der Waals surface area contributed by atoms with Gasteiger partial charge in [-0.15, -0.1) is 0 Å². The molecular weight excluding hydrogens is 632 g/mol. The first-order valence-corrected chi connectivity index (χ1v) is 17.1. The quantitative estimate of drug-likeness (QED) is 0.337. The molecule has 0 bridgehead atoms. The van der Waals surface area contributed by atoms with Crippen molar-refractivity contribution in [3.8, 4) is 22.5 Å². The molecule has 3 aliphatic rings. The SMILES string of the molecule is CC1SC/C=C\C2CC2(C(=O)O)NC(=O)[C@@H]2C[C@@H](n3nc(-c4ccccc4)c(-c4ccccc4)n3)CN2C(=O)[C@H]1NC(=O)OC(C)(C)C. The fraction of sp³-hybridized carbons (Fsp3) is 0.429. The molecule has 0 spiro atoms. The number of aromatic nitrogens is 3. The Bertz CT molecular complexity index is 1670. The number of benzene rings is 2. The number of fused-ring (bicyclic) bond motifs is 2. The monoisotopic (exact) mass is 672 g/mol. The van der Waals surface area contributed by atoms with E-state index in [1.54, 1.807) is 25.6 Å². The van der Waals surface area contributed by atoms with Crippen LogP contribution < -0.4 is 10.6 Å². The van der Waals surface area contributed by atoms with E-state index in [0.717, 1.165) is 11.1 Å². The summed E-state index contributed by atoms with van der Waals surface area (Å²) in [6.45, 7) is 7.12. The molecule has 0 radical (unpaired) electrons. The second kappa shape index (κ2) is 13.1. The predicted octanol–water partition coefficient (Wildman–Crippen LogP) is 4.30. The zero-order valence-corrected chi connectivity index (χ0v) is 28.1. The van der Waals surface area contributed by atoms with Crippen LogP contribution in [0.5, 0.6) is 0 Å².